The van der Waals surface area contributed by atoms with Crippen molar-refractivity contribution in [2.24, 2.45) is 5.92 Å². The monoisotopic (exact) mass is 379 g/mol. The van der Waals surface area contributed by atoms with Crippen LogP contribution < -0.4 is 10.1 Å². The highest BCUT2D eigenvalue weighted by molar-refractivity contribution is 9.11. The molecule has 1 rings (SSSR count). The van der Waals surface area contributed by atoms with Gasteiger partial charge in [0.2, 0.25) is 0 Å². The van der Waals surface area contributed by atoms with Crippen molar-refractivity contribution in [2.75, 3.05) is 13.7 Å². The number of rotatable bonds is 6. The lowest BCUT2D eigenvalue weighted by Crippen LogP contribution is -2.33. The molecule has 5 heteroatoms. The van der Waals surface area contributed by atoms with E-state index < -0.39 is 0 Å². The minimum atomic E-state index is 0.188. The summed E-state index contributed by atoms with van der Waals surface area (Å²) in [5.74, 6) is 1.07. The largest absolute Gasteiger partial charge is 0.495 e. The third kappa shape index (κ3) is 4.23. The summed E-state index contributed by atoms with van der Waals surface area (Å²) in [7, 11) is 1.66. The molecule has 18 heavy (non-hydrogen) atoms. The van der Waals surface area contributed by atoms with E-state index in [1.54, 1.807) is 7.11 Å². The number of aliphatic hydroxyl groups excluding tert-OH is 1. The number of nitrogens with one attached hydrogen (secondary N) is 1. The van der Waals surface area contributed by atoms with Crippen LogP contribution in [-0.2, 0) is 6.54 Å². The summed E-state index contributed by atoms with van der Waals surface area (Å²) in [5.41, 5.74) is 1.08. The molecule has 2 unspecified atom stereocenters. The molecular formula is C13H19Br2NO2. The Balaban J connectivity index is 2.78. The molecule has 0 fully saturated rings. The van der Waals surface area contributed by atoms with Crippen molar-refractivity contribution in [3.05, 3.63) is 26.6 Å². The maximum absolute atomic E-state index is 9.11. The number of hydrogen-bond acceptors (Lipinski definition) is 3. The van der Waals surface area contributed by atoms with Gasteiger partial charge in [-0.3, -0.25) is 0 Å². The van der Waals surface area contributed by atoms with E-state index in [0.29, 0.717) is 6.54 Å². The van der Waals surface area contributed by atoms with Crippen LogP contribution in [0.15, 0.2) is 21.1 Å². The van der Waals surface area contributed by atoms with Crippen LogP contribution in [0.5, 0.6) is 5.75 Å². The molecule has 0 saturated carbocycles. The summed E-state index contributed by atoms with van der Waals surface area (Å²) in [6.07, 6.45) is 0. The number of ether oxygens (including phenoxy) is 1. The molecular weight excluding hydrogens is 362 g/mol. The third-order valence-electron chi connectivity index (χ3n) is 3.05. The summed E-state index contributed by atoms with van der Waals surface area (Å²) < 4.78 is 7.33. The fraction of sp³-hybridized carbons (Fsp3) is 0.538. The lowest BCUT2D eigenvalue weighted by atomic mass is 10.0. The number of methoxy groups -OCH3 is 1. The van der Waals surface area contributed by atoms with Crippen molar-refractivity contribution in [3.63, 3.8) is 0 Å². The second-order valence-electron chi connectivity index (χ2n) is 4.41. The quantitative estimate of drug-likeness (QED) is 0.795. The van der Waals surface area contributed by atoms with Gasteiger partial charge in [0, 0.05) is 29.2 Å². The molecule has 2 N–H and O–H groups in total. The van der Waals surface area contributed by atoms with E-state index in [1.807, 2.05) is 19.1 Å². The van der Waals surface area contributed by atoms with Crippen molar-refractivity contribution in [3.8, 4) is 5.75 Å². The Bertz CT molecular complexity index is 399. The van der Waals surface area contributed by atoms with E-state index in [0.717, 1.165) is 20.3 Å². The molecule has 0 heterocycles. The first-order valence-electron chi connectivity index (χ1n) is 5.85. The van der Waals surface area contributed by atoms with Crippen molar-refractivity contribution in [1.82, 2.24) is 5.32 Å². The van der Waals surface area contributed by atoms with Gasteiger partial charge in [0.15, 0.2) is 0 Å². The van der Waals surface area contributed by atoms with E-state index in [2.05, 4.69) is 44.1 Å². The molecule has 2 atom stereocenters. The van der Waals surface area contributed by atoms with Crippen molar-refractivity contribution >= 4 is 31.9 Å². The molecule has 102 valence electrons. The average Bonchev–Trinajstić information content (AvgIpc) is 2.34. The summed E-state index contributed by atoms with van der Waals surface area (Å²) >= 11 is 6.96. The molecule has 0 radical (unpaired) electrons. The SMILES string of the molecule is COc1c(Br)cc(Br)cc1CNC(C)C(C)CO. The first-order chi connectivity index (χ1) is 8.49. The molecule has 0 amide bonds. The van der Waals surface area contributed by atoms with Crippen LogP contribution in [0.3, 0.4) is 0 Å². The van der Waals surface area contributed by atoms with E-state index in [4.69, 9.17) is 9.84 Å². The van der Waals surface area contributed by atoms with Crippen LogP contribution in [0, 0.1) is 5.92 Å². The first kappa shape index (κ1) is 16.0. The Morgan fingerprint density at radius 2 is 2.00 bits per heavy atom. The number of halogens is 2. The van der Waals surface area contributed by atoms with Gasteiger partial charge in [-0.05, 0) is 40.9 Å². The summed E-state index contributed by atoms with van der Waals surface area (Å²) in [4.78, 5) is 0. The molecule has 1 aromatic rings. The molecule has 3 nitrogen and oxygen atoms in total. The van der Waals surface area contributed by atoms with Crippen LogP contribution in [0.2, 0.25) is 0 Å². The zero-order valence-corrected chi connectivity index (χ0v) is 14.0. The van der Waals surface area contributed by atoms with E-state index in [-0.39, 0.29) is 18.6 Å². The Hall–Kier alpha value is -0.100. The van der Waals surface area contributed by atoms with Crippen LogP contribution >= 0.6 is 31.9 Å². The minimum Gasteiger partial charge on any atom is -0.495 e. The fourth-order valence-corrected chi connectivity index (χ4v) is 3.08. The number of benzene rings is 1. The average molecular weight is 381 g/mol. The zero-order valence-electron chi connectivity index (χ0n) is 10.8. The Labute approximate surface area is 125 Å². The molecule has 0 aromatic heterocycles. The maximum Gasteiger partial charge on any atom is 0.137 e. The van der Waals surface area contributed by atoms with E-state index in [1.165, 1.54) is 0 Å². The smallest absolute Gasteiger partial charge is 0.137 e. The molecule has 0 saturated heterocycles. The van der Waals surface area contributed by atoms with Crippen molar-refractivity contribution in [1.29, 1.82) is 0 Å². The third-order valence-corrected chi connectivity index (χ3v) is 4.09. The second kappa shape index (κ2) is 7.48. The molecule has 0 bridgehead atoms. The molecule has 1 aromatic carbocycles. The summed E-state index contributed by atoms with van der Waals surface area (Å²) in [6.45, 7) is 4.98. The minimum absolute atomic E-state index is 0.188. The predicted octanol–water partition coefficient (Wildman–Crippen LogP) is 3.33. The lowest BCUT2D eigenvalue weighted by molar-refractivity contribution is 0.206. The topological polar surface area (TPSA) is 41.5 Å². The summed E-state index contributed by atoms with van der Waals surface area (Å²) in [5, 5.41) is 12.5. The van der Waals surface area contributed by atoms with Gasteiger partial charge >= 0.3 is 0 Å². The highest BCUT2D eigenvalue weighted by Crippen LogP contribution is 2.32. The number of hydrogen-bond donors (Lipinski definition) is 2. The standard InChI is InChI=1S/C13H19Br2NO2/c1-8(7-17)9(2)16-6-10-4-11(14)5-12(15)13(10)18-3/h4-5,8-9,16-17H,6-7H2,1-3H3. The predicted molar refractivity (Wildman–Crippen MR) is 80.9 cm³/mol. The normalized spacial score (nSPS) is 14.3. The number of aliphatic hydroxyl groups is 1. The Morgan fingerprint density at radius 1 is 1.33 bits per heavy atom. The van der Waals surface area contributed by atoms with Crippen molar-refractivity contribution < 1.29 is 9.84 Å². The maximum atomic E-state index is 9.11. The lowest BCUT2D eigenvalue weighted by Gasteiger charge is -2.20. The fourth-order valence-electron chi connectivity index (χ4n) is 1.60. The van der Waals surface area contributed by atoms with Crippen LogP contribution in [0.1, 0.15) is 19.4 Å². The van der Waals surface area contributed by atoms with Gasteiger partial charge in [0.25, 0.3) is 0 Å². The van der Waals surface area contributed by atoms with Crippen molar-refractivity contribution in [2.45, 2.75) is 26.4 Å². The van der Waals surface area contributed by atoms with Gasteiger partial charge in [0.1, 0.15) is 5.75 Å². The second-order valence-corrected chi connectivity index (χ2v) is 6.18. The van der Waals surface area contributed by atoms with Gasteiger partial charge in [-0.15, -0.1) is 0 Å². The molecule has 0 aliphatic heterocycles. The highest BCUT2D eigenvalue weighted by Gasteiger charge is 2.13. The first-order valence-corrected chi connectivity index (χ1v) is 7.44. The Morgan fingerprint density at radius 3 is 2.56 bits per heavy atom. The van der Waals surface area contributed by atoms with Gasteiger partial charge in [-0.25, -0.2) is 0 Å². The van der Waals surface area contributed by atoms with Gasteiger partial charge < -0.3 is 15.2 Å². The molecule has 0 aliphatic carbocycles. The zero-order chi connectivity index (χ0) is 13.7. The van der Waals surface area contributed by atoms with Gasteiger partial charge in [0.05, 0.1) is 11.6 Å². The van der Waals surface area contributed by atoms with Crippen LogP contribution in [0.4, 0.5) is 0 Å². The van der Waals surface area contributed by atoms with Crippen LogP contribution in [0.25, 0.3) is 0 Å². The van der Waals surface area contributed by atoms with Gasteiger partial charge in [-0.2, -0.15) is 0 Å². The van der Waals surface area contributed by atoms with Crippen LogP contribution in [-0.4, -0.2) is 24.9 Å². The highest BCUT2D eigenvalue weighted by atomic mass is 79.9. The molecule has 0 aliphatic rings. The summed E-state index contributed by atoms with van der Waals surface area (Å²) in [6, 6.07) is 4.24. The Kier molecular flexibility index (Phi) is 6.63. The van der Waals surface area contributed by atoms with E-state index in [9.17, 15) is 0 Å². The van der Waals surface area contributed by atoms with E-state index >= 15 is 0 Å². The molecule has 0 spiro atoms. The van der Waals surface area contributed by atoms with Gasteiger partial charge in [-0.1, -0.05) is 22.9 Å².